The number of nitrogens with zero attached hydrogens (tertiary/aromatic N) is 1. The first kappa shape index (κ1) is 11.2. The van der Waals surface area contributed by atoms with Crippen LogP contribution in [0.2, 0.25) is 0 Å². The molecule has 0 saturated carbocycles. The second kappa shape index (κ2) is 4.31. The highest BCUT2D eigenvalue weighted by atomic mass is 79.9. The lowest BCUT2D eigenvalue weighted by Crippen LogP contribution is -2.08. The summed E-state index contributed by atoms with van der Waals surface area (Å²) in [5.74, 6) is 5.30. The van der Waals surface area contributed by atoms with Gasteiger partial charge in [-0.05, 0) is 24.3 Å². The third-order valence-corrected chi connectivity index (χ3v) is 2.66. The number of nitrogens with two attached hydrogens (primary N) is 1. The molecule has 0 atom stereocenters. The summed E-state index contributed by atoms with van der Waals surface area (Å²) in [6.07, 6.45) is -2.61. The summed E-state index contributed by atoms with van der Waals surface area (Å²) in [6.45, 7) is 0. The van der Waals surface area contributed by atoms with Crippen LogP contribution in [0.25, 0.3) is 10.9 Å². The standard InChI is InChI=1S/C10H8BrF2N3/c11-5-1-2-7-6(3-5)8(16-14)4-9(15-7)10(12)13/h1-4,10H,14H2,(H,15,16). The molecular formula is C10H8BrF2N3. The molecule has 0 saturated heterocycles. The third-order valence-electron chi connectivity index (χ3n) is 2.17. The van der Waals surface area contributed by atoms with Gasteiger partial charge in [0.2, 0.25) is 0 Å². The van der Waals surface area contributed by atoms with Gasteiger partial charge in [0.15, 0.2) is 0 Å². The number of alkyl halides is 2. The van der Waals surface area contributed by atoms with E-state index in [9.17, 15) is 8.78 Å². The number of nitrogen functional groups attached to an aromatic ring is 1. The fraction of sp³-hybridized carbons (Fsp3) is 0.100. The molecule has 0 bridgehead atoms. The van der Waals surface area contributed by atoms with Crippen LogP contribution in [0.15, 0.2) is 28.7 Å². The van der Waals surface area contributed by atoms with Crippen molar-refractivity contribution in [1.29, 1.82) is 0 Å². The van der Waals surface area contributed by atoms with E-state index in [-0.39, 0.29) is 5.69 Å². The van der Waals surface area contributed by atoms with Crippen molar-refractivity contribution in [3.05, 3.63) is 34.4 Å². The quantitative estimate of drug-likeness (QED) is 0.659. The maximum Gasteiger partial charge on any atom is 0.280 e. The molecule has 0 amide bonds. The second-order valence-corrected chi connectivity index (χ2v) is 4.12. The van der Waals surface area contributed by atoms with Gasteiger partial charge in [-0.2, -0.15) is 0 Å². The van der Waals surface area contributed by atoms with E-state index >= 15 is 0 Å². The number of hydrazine groups is 1. The lowest BCUT2D eigenvalue weighted by molar-refractivity contribution is 0.146. The van der Waals surface area contributed by atoms with Gasteiger partial charge in [0.25, 0.3) is 6.43 Å². The summed E-state index contributed by atoms with van der Waals surface area (Å²) in [5, 5.41) is 0.696. The van der Waals surface area contributed by atoms with Crippen LogP contribution in [0.1, 0.15) is 12.1 Å². The lowest BCUT2D eigenvalue weighted by Gasteiger charge is -2.08. The monoisotopic (exact) mass is 287 g/mol. The number of hydrogen-bond acceptors (Lipinski definition) is 3. The van der Waals surface area contributed by atoms with Crippen molar-refractivity contribution >= 4 is 32.5 Å². The maximum absolute atomic E-state index is 12.6. The van der Waals surface area contributed by atoms with Crippen LogP contribution in [0.5, 0.6) is 0 Å². The summed E-state index contributed by atoms with van der Waals surface area (Å²) in [5.41, 5.74) is 3.02. The second-order valence-electron chi connectivity index (χ2n) is 3.20. The van der Waals surface area contributed by atoms with E-state index in [1.165, 1.54) is 6.07 Å². The van der Waals surface area contributed by atoms with E-state index in [0.717, 1.165) is 4.47 Å². The number of fused-ring (bicyclic) bond motifs is 1. The highest BCUT2D eigenvalue weighted by Crippen LogP contribution is 2.29. The zero-order chi connectivity index (χ0) is 11.7. The van der Waals surface area contributed by atoms with Crippen molar-refractivity contribution in [1.82, 2.24) is 4.98 Å². The summed E-state index contributed by atoms with van der Waals surface area (Å²) in [7, 11) is 0. The number of benzene rings is 1. The van der Waals surface area contributed by atoms with Crippen LogP contribution in [-0.4, -0.2) is 4.98 Å². The minimum absolute atomic E-state index is 0.289. The fourth-order valence-corrected chi connectivity index (χ4v) is 1.81. The van der Waals surface area contributed by atoms with E-state index in [1.807, 2.05) is 0 Å². The average molecular weight is 288 g/mol. The van der Waals surface area contributed by atoms with Gasteiger partial charge in [-0.15, -0.1) is 0 Å². The molecule has 0 spiro atoms. The Morgan fingerprint density at radius 3 is 2.69 bits per heavy atom. The predicted octanol–water partition coefficient (Wildman–Crippen LogP) is 3.22. The number of aromatic nitrogens is 1. The Bertz CT molecular complexity index is 531. The van der Waals surface area contributed by atoms with Gasteiger partial charge in [0, 0.05) is 9.86 Å². The number of anilines is 1. The Morgan fingerprint density at radius 1 is 1.31 bits per heavy atom. The Kier molecular flexibility index (Phi) is 3.02. The molecule has 2 aromatic rings. The van der Waals surface area contributed by atoms with Gasteiger partial charge in [-0.3, -0.25) is 5.84 Å². The Hall–Kier alpha value is -1.27. The zero-order valence-corrected chi connectivity index (χ0v) is 9.63. The molecule has 0 unspecified atom stereocenters. The number of nitrogens with one attached hydrogen (secondary N) is 1. The van der Waals surface area contributed by atoms with Crippen molar-refractivity contribution in [2.24, 2.45) is 5.84 Å². The number of hydrogen-bond donors (Lipinski definition) is 2. The predicted molar refractivity (Wildman–Crippen MR) is 62.2 cm³/mol. The van der Waals surface area contributed by atoms with E-state index in [2.05, 4.69) is 26.3 Å². The topological polar surface area (TPSA) is 50.9 Å². The van der Waals surface area contributed by atoms with Gasteiger partial charge in [0.05, 0.1) is 11.2 Å². The molecule has 0 aliphatic carbocycles. The first-order chi connectivity index (χ1) is 7.61. The Morgan fingerprint density at radius 2 is 2.06 bits per heavy atom. The molecule has 1 aromatic carbocycles. The van der Waals surface area contributed by atoms with Crippen molar-refractivity contribution in [3.8, 4) is 0 Å². The first-order valence-corrected chi connectivity index (χ1v) is 5.26. The number of rotatable bonds is 2. The molecule has 1 heterocycles. The van der Waals surface area contributed by atoms with Crippen molar-refractivity contribution in [2.75, 3.05) is 5.43 Å². The number of pyridine rings is 1. The van der Waals surface area contributed by atoms with Crippen LogP contribution < -0.4 is 11.3 Å². The molecule has 16 heavy (non-hydrogen) atoms. The van der Waals surface area contributed by atoms with Gasteiger partial charge < -0.3 is 5.43 Å². The minimum Gasteiger partial charge on any atom is -0.323 e. The zero-order valence-electron chi connectivity index (χ0n) is 8.05. The van der Waals surface area contributed by atoms with Gasteiger partial charge in [0.1, 0.15) is 5.69 Å². The van der Waals surface area contributed by atoms with Crippen LogP contribution in [0.3, 0.4) is 0 Å². The van der Waals surface area contributed by atoms with E-state index in [0.29, 0.717) is 16.6 Å². The van der Waals surface area contributed by atoms with Gasteiger partial charge >= 0.3 is 0 Å². The molecule has 2 rings (SSSR count). The number of halogens is 3. The van der Waals surface area contributed by atoms with E-state index < -0.39 is 6.43 Å². The fourth-order valence-electron chi connectivity index (χ4n) is 1.45. The van der Waals surface area contributed by atoms with Crippen LogP contribution in [-0.2, 0) is 0 Å². The summed E-state index contributed by atoms with van der Waals surface area (Å²) in [4.78, 5) is 3.86. The normalized spacial score (nSPS) is 11.1. The van der Waals surface area contributed by atoms with Crippen molar-refractivity contribution in [2.45, 2.75) is 6.43 Å². The summed E-state index contributed by atoms with van der Waals surface area (Å²) < 4.78 is 25.9. The maximum atomic E-state index is 12.6. The largest absolute Gasteiger partial charge is 0.323 e. The highest BCUT2D eigenvalue weighted by molar-refractivity contribution is 9.10. The average Bonchev–Trinajstić information content (AvgIpc) is 2.27. The molecule has 84 valence electrons. The van der Waals surface area contributed by atoms with Crippen LogP contribution >= 0.6 is 15.9 Å². The molecule has 0 aliphatic heterocycles. The molecule has 0 fully saturated rings. The van der Waals surface area contributed by atoms with Gasteiger partial charge in [-0.1, -0.05) is 15.9 Å². The van der Waals surface area contributed by atoms with Crippen molar-refractivity contribution in [3.63, 3.8) is 0 Å². The van der Waals surface area contributed by atoms with Crippen LogP contribution in [0, 0.1) is 0 Å². The molecule has 0 radical (unpaired) electrons. The summed E-state index contributed by atoms with van der Waals surface area (Å²) in [6, 6.07) is 6.42. The smallest absolute Gasteiger partial charge is 0.280 e. The first-order valence-electron chi connectivity index (χ1n) is 4.47. The molecular weight excluding hydrogens is 280 g/mol. The molecule has 6 heteroatoms. The third kappa shape index (κ3) is 1.98. The van der Waals surface area contributed by atoms with E-state index in [1.54, 1.807) is 18.2 Å². The minimum atomic E-state index is -2.61. The molecule has 0 aliphatic rings. The summed E-state index contributed by atoms with van der Waals surface area (Å²) >= 11 is 3.30. The van der Waals surface area contributed by atoms with Crippen LogP contribution in [0.4, 0.5) is 14.5 Å². The Balaban J connectivity index is 2.73. The lowest BCUT2D eigenvalue weighted by atomic mass is 10.1. The molecule has 3 N–H and O–H groups in total. The molecule has 1 aromatic heterocycles. The SMILES string of the molecule is NNc1cc(C(F)F)nc2ccc(Br)cc12. The van der Waals surface area contributed by atoms with E-state index in [4.69, 9.17) is 5.84 Å². The van der Waals surface area contributed by atoms with Gasteiger partial charge in [-0.25, -0.2) is 13.8 Å². The highest BCUT2D eigenvalue weighted by Gasteiger charge is 2.12. The van der Waals surface area contributed by atoms with Crippen molar-refractivity contribution < 1.29 is 8.78 Å². The molecule has 3 nitrogen and oxygen atoms in total. The Labute approximate surface area is 98.8 Å².